The van der Waals surface area contributed by atoms with Crippen molar-refractivity contribution in [2.24, 2.45) is 0 Å². The summed E-state index contributed by atoms with van der Waals surface area (Å²) in [7, 11) is 0. The molecule has 11 atom stereocenters. The van der Waals surface area contributed by atoms with Crippen LogP contribution in [0.25, 0.3) is 0 Å². The molecule has 0 aromatic heterocycles. The number of ether oxygens (including phenoxy) is 5. The first-order valence-electron chi connectivity index (χ1n) is 10.3. The van der Waals surface area contributed by atoms with E-state index in [-0.39, 0.29) is 18.1 Å². The molecule has 3 fully saturated rings. The van der Waals surface area contributed by atoms with Gasteiger partial charge in [0.25, 0.3) is 0 Å². The average molecular weight is 460 g/mol. The number of phenolic OH excluding ortho intramolecular Hbond substituents is 2. The van der Waals surface area contributed by atoms with Gasteiger partial charge in [0.2, 0.25) is 0 Å². The van der Waals surface area contributed by atoms with Gasteiger partial charge in [-0.15, -0.1) is 0 Å². The number of aliphatic hydroxyl groups excluding tert-OH is 5. The third-order valence-corrected chi connectivity index (χ3v) is 6.00. The van der Waals surface area contributed by atoms with Gasteiger partial charge in [0.1, 0.15) is 48.8 Å². The zero-order chi connectivity index (χ0) is 23.2. The third kappa shape index (κ3) is 4.31. The molecule has 0 radical (unpaired) electrons. The predicted molar refractivity (Wildman–Crippen MR) is 102 cm³/mol. The van der Waals surface area contributed by atoms with Gasteiger partial charge in [0, 0.05) is 0 Å². The minimum Gasteiger partial charge on any atom is -0.504 e. The van der Waals surface area contributed by atoms with Crippen LogP contribution in [0.15, 0.2) is 18.2 Å². The molecule has 0 aliphatic carbocycles. The number of phenols is 2. The summed E-state index contributed by atoms with van der Waals surface area (Å²) in [6, 6.07) is 4.13. The summed E-state index contributed by atoms with van der Waals surface area (Å²) in [5, 5.41) is 69.9. The van der Waals surface area contributed by atoms with Crippen molar-refractivity contribution in [1.29, 1.82) is 0 Å². The van der Waals surface area contributed by atoms with Gasteiger partial charge in [-0.1, -0.05) is 6.07 Å². The summed E-state index contributed by atoms with van der Waals surface area (Å²) in [5.74, 6) is -0.647. The molecule has 0 saturated carbocycles. The van der Waals surface area contributed by atoms with E-state index in [1.54, 1.807) is 0 Å². The molecule has 1 aromatic carbocycles. The lowest BCUT2D eigenvalue weighted by Crippen LogP contribution is -2.65. The summed E-state index contributed by atoms with van der Waals surface area (Å²) in [6.45, 7) is 0.953. The minimum atomic E-state index is -1.61. The maximum Gasteiger partial charge on any atom is 0.187 e. The van der Waals surface area contributed by atoms with Crippen molar-refractivity contribution in [2.75, 3.05) is 13.2 Å². The van der Waals surface area contributed by atoms with E-state index in [1.807, 2.05) is 0 Å². The number of hydrogen-bond donors (Lipinski definition) is 7. The molecule has 0 spiro atoms. The predicted octanol–water partition coefficient (Wildman–Crippen LogP) is -2.15. The van der Waals surface area contributed by atoms with Crippen LogP contribution in [0.3, 0.4) is 0 Å². The first-order chi connectivity index (χ1) is 15.2. The first-order valence-corrected chi connectivity index (χ1v) is 10.3. The molecule has 4 rings (SSSR count). The van der Waals surface area contributed by atoms with E-state index in [2.05, 4.69) is 0 Å². The van der Waals surface area contributed by atoms with Crippen molar-refractivity contribution in [3.8, 4) is 11.5 Å². The third-order valence-electron chi connectivity index (χ3n) is 6.00. The van der Waals surface area contributed by atoms with E-state index >= 15 is 0 Å². The second-order valence-corrected chi connectivity index (χ2v) is 8.17. The Balaban J connectivity index is 1.56. The maximum absolute atomic E-state index is 10.7. The van der Waals surface area contributed by atoms with E-state index in [0.29, 0.717) is 5.56 Å². The van der Waals surface area contributed by atoms with Gasteiger partial charge in [-0.05, 0) is 24.6 Å². The van der Waals surface area contributed by atoms with Gasteiger partial charge in [0.05, 0.1) is 19.3 Å². The van der Waals surface area contributed by atoms with Crippen LogP contribution in [-0.2, 0) is 23.7 Å². The number of aliphatic hydroxyl groups is 5. The Bertz CT molecular complexity index is 792. The van der Waals surface area contributed by atoms with Crippen LogP contribution in [0.5, 0.6) is 11.5 Å². The summed E-state index contributed by atoms with van der Waals surface area (Å²) < 4.78 is 28.6. The lowest BCUT2D eigenvalue weighted by molar-refractivity contribution is -0.384. The number of fused-ring (bicyclic) bond motifs is 1. The Morgan fingerprint density at radius 1 is 0.938 bits per heavy atom. The standard InChI is InChI=1S/C20H28O12/c1-7-13(24)15(26)16(27)19(29-7)32-17-14(25)11(5-21)31-20-18(17)30-12(6-28-20)8-2-3-9(22)10(23)4-8/h2-4,7,11-27H,5-6H2,1H3/t7-,11-,12-,13+,14+,15-,16-,17+,18-,19-,20-/m1/s1. The molecule has 7 N–H and O–H groups in total. The fraction of sp³-hybridized carbons (Fsp3) is 0.700. The smallest absolute Gasteiger partial charge is 0.187 e. The fourth-order valence-corrected chi connectivity index (χ4v) is 4.08. The molecule has 3 saturated heterocycles. The van der Waals surface area contributed by atoms with Gasteiger partial charge >= 0.3 is 0 Å². The van der Waals surface area contributed by atoms with Gasteiger partial charge in [0.15, 0.2) is 24.1 Å². The second kappa shape index (κ2) is 9.35. The molecule has 1 aromatic rings. The number of hydrogen-bond acceptors (Lipinski definition) is 12. The van der Waals surface area contributed by atoms with Crippen LogP contribution in [0.4, 0.5) is 0 Å². The van der Waals surface area contributed by atoms with Gasteiger partial charge in [-0.2, -0.15) is 0 Å². The Labute approximate surface area is 183 Å². The molecule has 0 bridgehead atoms. The van der Waals surface area contributed by atoms with Crippen LogP contribution in [-0.4, -0.2) is 110 Å². The van der Waals surface area contributed by atoms with E-state index < -0.39 is 74.1 Å². The topological polar surface area (TPSA) is 188 Å². The Morgan fingerprint density at radius 3 is 2.38 bits per heavy atom. The molecular weight excluding hydrogens is 432 g/mol. The molecule has 12 nitrogen and oxygen atoms in total. The van der Waals surface area contributed by atoms with Crippen LogP contribution >= 0.6 is 0 Å². The summed E-state index contributed by atoms with van der Waals surface area (Å²) >= 11 is 0. The van der Waals surface area contributed by atoms with Crippen molar-refractivity contribution in [2.45, 2.75) is 74.4 Å². The SMILES string of the molecule is C[C@H]1O[C@H](O[C@H]2[C@@H](O)[C@@H](CO)O[C@H]3OC[C@H](c4ccc(O)c(O)c4)O[C@@H]32)[C@H](O)[C@H](O)[C@H]1O. The van der Waals surface area contributed by atoms with Crippen LogP contribution in [0.1, 0.15) is 18.6 Å². The van der Waals surface area contributed by atoms with Crippen molar-refractivity contribution in [3.05, 3.63) is 23.8 Å². The van der Waals surface area contributed by atoms with Crippen LogP contribution in [0, 0.1) is 0 Å². The Hall–Kier alpha value is -1.58. The summed E-state index contributed by atoms with van der Waals surface area (Å²) in [4.78, 5) is 0. The Morgan fingerprint density at radius 2 is 1.69 bits per heavy atom. The molecule has 3 aliphatic heterocycles. The maximum atomic E-state index is 10.7. The molecule has 0 unspecified atom stereocenters. The van der Waals surface area contributed by atoms with E-state index in [1.165, 1.54) is 25.1 Å². The lowest BCUT2D eigenvalue weighted by atomic mass is 9.96. The van der Waals surface area contributed by atoms with Gasteiger partial charge in [-0.25, -0.2) is 0 Å². The number of benzene rings is 1. The highest BCUT2D eigenvalue weighted by molar-refractivity contribution is 5.41. The molecule has 3 aliphatic rings. The molecular formula is C20H28O12. The second-order valence-electron chi connectivity index (χ2n) is 8.17. The fourth-order valence-electron chi connectivity index (χ4n) is 4.08. The molecule has 12 heteroatoms. The molecule has 3 heterocycles. The first kappa shape index (κ1) is 23.6. The van der Waals surface area contributed by atoms with Crippen LogP contribution in [0.2, 0.25) is 0 Å². The monoisotopic (exact) mass is 460 g/mol. The Kier molecular flexibility index (Phi) is 6.89. The summed E-state index contributed by atoms with van der Waals surface area (Å²) in [6.07, 6.45) is -13.3. The van der Waals surface area contributed by atoms with Crippen molar-refractivity contribution in [3.63, 3.8) is 0 Å². The van der Waals surface area contributed by atoms with Crippen molar-refractivity contribution < 1.29 is 59.4 Å². The van der Waals surface area contributed by atoms with Crippen LogP contribution < -0.4 is 0 Å². The molecule has 180 valence electrons. The van der Waals surface area contributed by atoms with Gasteiger partial charge < -0.3 is 59.4 Å². The molecule has 0 amide bonds. The quantitative estimate of drug-likeness (QED) is 0.242. The minimum absolute atomic E-state index is 0.0108. The highest BCUT2D eigenvalue weighted by atomic mass is 16.8. The largest absolute Gasteiger partial charge is 0.504 e. The summed E-state index contributed by atoms with van der Waals surface area (Å²) in [5.41, 5.74) is 0.484. The zero-order valence-electron chi connectivity index (χ0n) is 17.2. The lowest BCUT2D eigenvalue weighted by Gasteiger charge is -2.49. The highest BCUT2D eigenvalue weighted by Crippen LogP contribution is 2.38. The van der Waals surface area contributed by atoms with Crippen molar-refractivity contribution >= 4 is 0 Å². The van der Waals surface area contributed by atoms with Crippen molar-refractivity contribution in [1.82, 2.24) is 0 Å². The highest BCUT2D eigenvalue weighted by Gasteiger charge is 2.53. The normalized spacial score (nSPS) is 44.8. The molecule has 32 heavy (non-hydrogen) atoms. The van der Waals surface area contributed by atoms with E-state index in [0.717, 1.165) is 0 Å². The number of rotatable bonds is 4. The van der Waals surface area contributed by atoms with Gasteiger partial charge in [-0.3, -0.25) is 0 Å². The van der Waals surface area contributed by atoms with E-state index in [9.17, 15) is 35.7 Å². The number of aromatic hydroxyl groups is 2. The zero-order valence-corrected chi connectivity index (χ0v) is 17.2. The average Bonchev–Trinajstić information content (AvgIpc) is 2.78. The van der Waals surface area contributed by atoms with E-state index in [4.69, 9.17) is 23.7 Å².